The molecule has 2 aliphatic heterocycles. The minimum Gasteiger partial charge on any atom is -0.467 e. The Balaban J connectivity index is 2.12. The number of ketones is 1. The average molecular weight is 560 g/mol. The van der Waals surface area contributed by atoms with E-state index in [1.54, 1.807) is 79.0 Å². The molecule has 0 N–H and O–H groups in total. The van der Waals surface area contributed by atoms with Gasteiger partial charge in [0.2, 0.25) is 0 Å². The first-order valence-corrected chi connectivity index (χ1v) is 13.3. The first kappa shape index (κ1) is 31.3. The van der Waals surface area contributed by atoms with Gasteiger partial charge in [0.25, 0.3) is 0 Å². The number of fused-ring (bicyclic) bond motifs is 2. The van der Waals surface area contributed by atoms with Gasteiger partial charge in [-0.3, -0.25) is 9.69 Å². The zero-order valence-electron chi connectivity index (χ0n) is 24.8. The average Bonchev–Trinajstić information content (AvgIpc) is 3.17. The highest BCUT2D eigenvalue weighted by Crippen LogP contribution is 2.35. The number of cyclic esters (lactones) is 1. The van der Waals surface area contributed by atoms with E-state index in [4.69, 9.17) is 28.4 Å². The Morgan fingerprint density at radius 1 is 1.12 bits per heavy atom. The summed E-state index contributed by atoms with van der Waals surface area (Å²) in [4.78, 5) is 40.7. The third kappa shape index (κ3) is 7.93. The predicted octanol–water partition coefficient (Wildman–Crippen LogP) is 5.28. The number of hydrogen-bond donors (Lipinski definition) is 0. The van der Waals surface area contributed by atoms with E-state index in [1.807, 2.05) is 6.92 Å². The van der Waals surface area contributed by atoms with Crippen molar-refractivity contribution in [2.75, 3.05) is 25.9 Å². The fourth-order valence-corrected chi connectivity index (χ4v) is 4.25. The number of carbonyl (C=O) groups excluding carboxylic acids is 3. The van der Waals surface area contributed by atoms with Gasteiger partial charge in [0.05, 0.1) is 11.8 Å². The summed E-state index contributed by atoms with van der Waals surface area (Å²) in [6.07, 6.45) is 4.54. The summed E-state index contributed by atoms with van der Waals surface area (Å²) in [5, 5.41) is 0. The van der Waals surface area contributed by atoms with Crippen molar-refractivity contribution in [2.45, 2.75) is 84.6 Å². The maximum atomic E-state index is 13.5. The number of benzene rings is 1. The van der Waals surface area contributed by atoms with Crippen LogP contribution in [-0.4, -0.2) is 68.5 Å². The van der Waals surface area contributed by atoms with Crippen molar-refractivity contribution in [2.24, 2.45) is 5.92 Å². The number of anilines is 1. The van der Waals surface area contributed by atoms with Crippen LogP contribution in [0.15, 0.2) is 30.4 Å². The minimum absolute atomic E-state index is 0.135. The third-order valence-corrected chi connectivity index (χ3v) is 6.44. The van der Waals surface area contributed by atoms with Gasteiger partial charge in [-0.05, 0) is 65.7 Å². The van der Waals surface area contributed by atoms with Gasteiger partial charge in [0.15, 0.2) is 18.4 Å². The summed E-state index contributed by atoms with van der Waals surface area (Å²) in [6.45, 7) is 12.3. The summed E-state index contributed by atoms with van der Waals surface area (Å²) in [7, 11) is 3.03. The van der Waals surface area contributed by atoms with E-state index in [1.165, 1.54) is 18.1 Å². The first-order chi connectivity index (χ1) is 18.6. The van der Waals surface area contributed by atoms with Crippen molar-refractivity contribution < 1.29 is 42.8 Å². The Morgan fingerprint density at radius 2 is 1.82 bits per heavy atom. The second-order valence-corrected chi connectivity index (χ2v) is 11.5. The van der Waals surface area contributed by atoms with Gasteiger partial charge in [-0.25, -0.2) is 9.59 Å². The van der Waals surface area contributed by atoms with Crippen molar-refractivity contribution in [1.82, 2.24) is 0 Å². The standard InChI is InChI=1S/C30H41NO9/c1-18-13-14-22(32)26-23(38-30(6,7)39-26)12-10-11-20-15-21(31(8)28(34)40-29(3,4)5)16-24(36-17-35-9)25(20)27(33)37-19(18)2/h10-11,13-16,18-19,23,26H,12,17H2,1-9H3/b11-10?,14-13-. The molecular weight excluding hydrogens is 518 g/mol. The highest BCUT2D eigenvalue weighted by molar-refractivity contribution is 5.99. The number of nitrogens with zero attached hydrogens (tertiary/aromatic N) is 1. The van der Waals surface area contributed by atoms with Crippen LogP contribution in [0.4, 0.5) is 10.5 Å². The molecule has 0 spiro atoms. The molecule has 4 atom stereocenters. The van der Waals surface area contributed by atoms with Crippen LogP contribution in [0.3, 0.4) is 0 Å². The number of carbonyl (C=O) groups is 3. The second kappa shape index (κ2) is 12.5. The number of esters is 1. The number of methoxy groups -OCH3 is 1. The third-order valence-electron chi connectivity index (χ3n) is 6.44. The summed E-state index contributed by atoms with van der Waals surface area (Å²) < 4.78 is 34.2. The zero-order valence-corrected chi connectivity index (χ0v) is 24.8. The number of ether oxygens (including phenoxy) is 6. The molecule has 10 nitrogen and oxygen atoms in total. The van der Waals surface area contributed by atoms with Crippen LogP contribution in [0.2, 0.25) is 0 Å². The lowest BCUT2D eigenvalue weighted by molar-refractivity contribution is -0.152. The normalized spacial score (nSPS) is 25.7. The highest BCUT2D eigenvalue weighted by atomic mass is 16.8. The van der Waals surface area contributed by atoms with E-state index in [0.29, 0.717) is 17.7 Å². The molecule has 1 saturated heterocycles. The summed E-state index contributed by atoms with van der Waals surface area (Å²) >= 11 is 0. The second-order valence-electron chi connectivity index (χ2n) is 11.5. The molecule has 1 aromatic rings. The molecule has 0 saturated carbocycles. The van der Waals surface area contributed by atoms with Crippen LogP contribution in [-0.2, 0) is 28.5 Å². The molecule has 1 amide bonds. The van der Waals surface area contributed by atoms with Gasteiger partial charge in [0, 0.05) is 26.1 Å². The lowest BCUT2D eigenvalue weighted by Gasteiger charge is -2.26. The Bertz CT molecular complexity index is 1160. The van der Waals surface area contributed by atoms with Crippen molar-refractivity contribution in [3.63, 3.8) is 0 Å². The van der Waals surface area contributed by atoms with Crippen LogP contribution >= 0.6 is 0 Å². The fraction of sp³-hybridized carbons (Fsp3) is 0.567. The van der Waals surface area contributed by atoms with Crippen LogP contribution < -0.4 is 9.64 Å². The molecular formula is C30H41NO9. The van der Waals surface area contributed by atoms with Crippen LogP contribution in [0, 0.1) is 5.92 Å². The van der Waals surface area contributed by atoms with Gasteiger partial charge < -0.3 is 28.4 Å². The van der Waals surface area contributed by atoms with Gasteiger partial charge >= 0.3 is 12.1 Å². The topological polar surface area (TPSA) is 110 Å². The smallest absolute Gasteiger partial charge is 0.414 e. The molecule has 4 unspecified atom stereocenters. The Hall–Kier alpha value is -3.21. The van der Waals surface area contributed by atoms with Crippen LogP contribution in [0.1, 0.15) is 70.8 Å². The first-order valence-electron chi connectivity index (χ1n) is 13.3. The number of hydrogen-bond acceptors (Lipinski definition) is 9. The van der Waals surface area contributed by atoms with E-state index < -0.39 is 41.8 Å². The van der Waals surface area contributed by atoms with E-state index in [2.05, 4.69) is 0 Å². The van der Waals surface area contributed by atoms with Crippen LogP contribution in [0.25, 0.3) is 6.08 Å². The lowest BCUT2D eigenvalue weighted by atomic mass is 9.99. The molecule has 1 fully saturated rings. The molecule has 40 heavy (non-hydrogen) atoms. The van der Waals surface area contributed by atoms with E-state index in [-0.39, 0.29) is 29.8 Å². The van der Waals surface area contributed by atoms with E-state index in [9.17, 15) is 14.4 Å². The molecule has 0 aliphatic carbocycles. The van der Waals surface area contributed by atoms with Gasteiger partial charge in [-0.1, -0.05) is 25.2 Å². The van der Waals surface area contributed by atoms with Crippen molar-refractivity contribution in [3.8, 4) is 5.75 Å². The van der Waals surface area contributed by atoms with Gasteiger partial charge in [0.1, 0.15) is 29.1 Å². The molecule has 2 heterocycles. The molecule has 0 aromatic heterocycles. The molecule has 0 radical (unpaired) electrons. The molecule has 2 aliphatic rings. The number of rotatable bonds is 4. The summed E-state index contributed by atoms with van der Waals surface area (Å²) in [5.41, 5.74) is 0.338. The van der Waals surface area contributed by atoms with Crippen LogP contribution in [0.5, 0.6) is 5.75 Å². The van der Waals surface area contributed by atoms with Crippen molar-refractivity contribution in [1.29, 1.82) is 0 Å². The number of amides is 1. The van der Waals surface area contributed by atoms with E-state index in [0.717, 1.165) is 0 Å². The Morgan fingerprint density at radius 3 is 2.48 bits per heavy atom. The lowest BCUT2D eigenvalue weighted by Crippen LogP contribution is -2.34. The molecule has 10 heteroatoms. The summed E-state index contributed by atoms with van der Waals surface area (Å²) in [5.74, 6) is -1.86. The minimum atomic E-state index is -0.930. The maximum Gasteiger partial charge on any atom is 0.414 e. The monoisotopic (exact) mass is 559 g/mol. The molecule has 0 bridgehead atoms. The highest BCUT2D eigenvalue weighted by Gasteiger charge is 2.43. The SMILES string of the molecule is COCOc1cc(N(C)C(=O)OC(C)(C)C)cc2c1C(=O)OC(C)C(C)/C=C\C(=O)C1OC(C)(C)OC1CC=C2. The Labute approximate surface area is 236 Å². The van der Waals surface area contributed by atoms with E-state index >= 15 is 0 Å². The molecule has 1 aromatic carbocycles. The van der Waals surface area contributed by atoms with Gasteiger partial charge in [-0.15, -0.1) is 0 Å². The quantitative estimate of drug-likeness (QED) is 0.359. The largest absolute Gasteiger partial charge is 0.467 e. The molecule has 220 valence electrons. The van der Waals surface area contributed by atoms with Crippen molar-refractivity contribution in [3.05, 3.63) is 41.5 Å². The predicted molar refractivity (Wildman–Crippen MR) is 149 cm³/mol. The Kier molecular flexibility index (Phi) is 9.81. The summed E-state index contributed by atoms with van der Waals surface area (Å²) in [6, 6.07) is 3.24. The van der Waals surface area contributed by atoms with Crippen molar-refractivity contribution >= 4 is 29.6 Å². The zero-order chi connectivity index (χ0) is 29.8. The molecule has 3 rings (SSSR count). The van der Waals surface area contributed by atoms with Gasteiger partial charge in [-0.2, -0.15) is 0 Å². The fourth-order valence-electron chi connectivity index (χ4n) is 4.25. The maximum absolute atomic E-state index is 13.5.